The van der Waals surface area contributed by atoms with Gasteiger partial charge in [0.05, 0.1) is 6.20 Å². The Bertz CT molecular complexity index is 475. The van der Waals surface area contributed by atoms with Gasteiger partial charge in [0.25, 0.3) is 5.22 Å². The fraction of sp³-hybridized carbons (Fsp3) is 0. The van der Waals surface area contributed by atoms with Crippen LogP contribution in [0.1, 0.15) is 0 Å². The predicted octanol–water partition coefficient (Wildman–Crippen LogP) is 2.08. The number of hydrogen-bond donors (Lipinski definition) is 1. The van der Waals surface area contributed by atoms with Gasteiger partial charge in [0, 0.05) is 6.07 Å². The monoisotopic (exact) mass is 229 g/mol. The number of oxazole rings is 1. The molecule has 0 spiro atoms. The van der Waals surface area contributed by atoms with Crippen LogP contribution in [0.25, 0.3) is 0 Å². The SMILES string of the molecule is Nc1nc(Sc2ncco2)c(F)cc1F. The van der Waals surface area contributed by atoms with Crippen LogP contribution in [0, 0.1) is 11.6 Å². The minimum Gasteiger partial charge on any atom is -0.440 e. The van der Waals surface area contributed by atoms with Crippen molar-refractivity contribution in [1.29, 1.82) is 0 Å². The van der Waals surface area contributed by atoms with E-state index in [9.17, 15) is 8.78 Å². The van der Waals surface area contributed by atoms with Gasteiger partial charge in [-0.1, -0.05) is 0 Å². The minimum atomic E-state index is -0.885. The Balaban J connectivity index is 2.33. The first-order valence-corrected chi connectivity index (χ1v) is 4.67. The van der Waals surface area contributed by atoms with Crippen LogP contribution in [0.5, 0.6) is 0 Å². The van der Waals surface area contributed by atoms with Crippen LogP contribution >= 0.6 is 11.8 Å². The fourth-order valence-electron chi connectivity index (χ4n) is 0.878. The van der Waals surface area contributed by atoms with Crippen molar-refractivity contribution in [2.75, 3.05) is 5.73 Å². The highest BCUT2D eigenvalue weighted by molar-refractivity contribution is 7.99. The second-order valence-corrected chi connectivity index (χ2v) is 3.48. The van der Waals surface area contributed by atoms with Crippen LogP contribution in [0.4, 0.5) is 14.6 Å². The first-order valence-electron chi connectivity index (χ1n) is 3.85. The third kappa shape index (κ3) is 2.07. The van der Waals surface area contributed by atoms with Crippen LogP contribution in [-0.2, 0) is 0 Å². The van der Waals surface area contributed by atoms with E-state index >= 15 is 0 Å². The molecule has 0 saturated heterocycles. The zero-order valence-corrected chi connectivity index (χ0v) is 8.09. The van der Waals surface area contributed by atoms with Crippen molar-refractivity contribution in [3.63, 3.8) is 0 Å². The van der Waals surface area contributed by atoms with Crippen LogP contribution in [0.15, 0.2) is 33.2 Å². The van der Waals surface area contributed by atoms with E-state index in [0.717, 1.165) is 11.8 Å². The Morgan fingerprint density at radius 3 is 2.80 bits per heavy atom. The summed E-state index contributed by atoms with van der Waals surface area (Å²) in [5.41, 5.74) is 5.20. The van der Waals surface area contributed by atoms with Gasteiger partial charge in [-0.2, -0.15) is 0 Å². The molecule has 2 heterocycles. The van der Waals surface area contributed by atoms with E-state index in [0.29, 0.717) is 6.07 Å². The number of nitrogen functional groups attached to an aromatic ring is 1. The largest absolute Gasteiger partial charge is 0.440 e. The summed E-state index contributed by atoms with van der Waals surface area (Å²) in [4.78, 5) is 7.30. The number of nitrogens with two attached hydrogens (primary N) is 1. The van der Waals surface area contributed by atoms with E-state index in [1.54, 1.807) is 0 Å². The summed E-state index contributed by atoms with van der Waals surface area (Å²) in [6.45, 7) is 0. The highest BCUT2D eigenvalue weighted by Crippen LogP contribution is 2.28. The number of nitrogens with zero attached hydrogens (tertiary/aromatic N) is 2. The van der Waals surface area contributed by atoms with Gasteiger partial charge in [0.1, 0.15) is 11.3 Å². The molecular weight excluding hydrogens is 224 g/mol. The molecule has 0 aliphatic heterocycles. The van der Waals surface area contributed by atoms with Crippen LogP contribution in [0.2, 0.25) is 0 Å². The molecule has 2 aromatic rings. The quantitative estimate of drug-likeness (QED) is 0.854. The van der Waals surface area contributed by atoms with Crippen molar-refractivity contribution in [3.8, 4) is 0 Å². The summed E-state index contributed by atoms with van der Waals surface area (Å²) in [6, 6.07) is 0.674. The predicted molar refractivity (Wildman–Crippen MR) is 49.2 cm³/mol. The van der Waals surface area contributed by atoms with Gasteiger partial charge in [-0.3, -0.25) is 0 Å². The number of anilines is 1. The molecule has 0 saturated carbocycles. The lowest BCUT2D eigenvalue weighted by Crippen LogP contribution is -1.98. The van der Waals surface area contributed by atoms with E-state index in [-0.39, 0.29) is 16.1 Å². The molecule has 2 aromatic heterocycles. The molecule has 0 radical (unpaired) electrons. The second-order valence-electron chi connectivity index (χ2n) is 2.54. The molecule has 0 aromatic carbocycles. The van der Waals surface area contributed by atoms with Gasteiger partial charge < -0.3 is 10.2 Å². The minimum absolute atomic E-state index is 0.0728. The summed E-state index contributed by atoms with van der Waals surface area (Å²) in [5, 5.41) is 0.142. The molecule has 7 heteroatoms. The Labute approximate surface area is 87.5 Å². The maximum atomic E-state index is 13.2. The highest BCUT2D eigenvalue weighted by Gasteiger charge is 2.12. The van der Waals surface area contributed by atoms with E-state index in [1.165, 1.54) is 12.5 Å². The van der Waals surface area contributed by atoms with Gasteiger partial charge in [0.2, 0.25) is 0 Å². The van der Waals surface area contributed by atoms with Crippen molar-refractivity contribution in [1.82, 2.24) is 9.97 Å². The molecule has 0 fully saturated rings. The van der Waals surface area contributed by atoms with E-state index in [1.807, 2.05) is 0 Å². The zero-order chi connectivity index (χ0) is 10.8. The molecule has 15 heavy (non-hydrogen) atoms. The Kier molecular flexibility index (Phi) is 2.55. The third-order valence-electron chi connectivity index (χ3n) is 1.52. The van der Waals surface area contributed by atoms with E-state index in [2.05, 4.69) is 9.97 Å². The Morgan fingerprint density at radius 2 is 2.13 bits per heavy atom. The van der Waals surface area contributed by atoms with Gasteiger partial charge >= 0.3 is 0 Å². The molecule has 2 N–H and O–H groups in total. The standard InChI is InChI=1S/C8H5F2N3OS/c9-4-3-5(10)7(13-6(4)11)15-8-12-1-2-14-8/h1-3H,(H2,11,13). The molecule has 0 aliphatic rings. The highest BCUT2D eigenvalue weighted by atomic mass is 32.2. The first-order chi connectivity index (χ1) is 7.16. The average Bonchev–Trinajstić information content (AvgIpc) is 2.67. The van der Waals surface area contributed by atoms with E-state index < -0.39 is 11.6 Å². The summed E-state index contributed by atoms with van der Waals surface area (Å²) in [5.74, 6) is -2.04. The topological polar surface area (TPSA) is 64.9 Å². The van der Waals surface area contributed by atoms with Crippen LogP contribution in [-0.4, -0.2) is 9.97 Å². The molecule has 78 valence electrons. The van der Waals surface area contributed by atoms with Crippen molar-refractivity contribution < 1.29 is 13.2 Å². The summed E-state index contributed by atoms with van der Waals surface area (Å²) in [7, 11) is 0. The number of pyridine rings is 1. The Morgan fingerprint density at radius 1 is 1.33 bits per heavy atom. The number of halogens is 2. The van der Waals surface area contributed by atoms with Gasteiger partial charge in [-0.15, -0.1) is 0 Å². The lowest BCUT2D eigenvalue weighted by molar-refractivity contribution is 0.452. The van der Waals surface area contributed by atoms with Crippen molar-refractivity contribution >= 4 is 17.6 Å². The van der Waals surface area contributed by atoms with Gasteiger partial charge in [-0.25, -0.2) is 18.7 Å². The Hall–Kier alpha value is -1.63. The maximum Gasteiger partial charge on any atom is 0.262 e. The van der Waals surface area contributed by atoms with Gasteiger partial charge in [0.15, 0.2) is 17.5 Å². The lowest BCUT2D eigenvalue weighted by Gasteiger charge is -2.01. The number of rotatable bonds is 2. The first kappa shape index (κ1) is 9.91. The summed E-state index contributed by atoms with van der Waals surface area (Å²) >= 11 is 0.833. The summed E-state index contributed by atoms with van der Waals surface area (Å²) < 4.78 is 30.8. The summed E-state index contributed by atoms with van der Waals surface area (Å²) in [6.07, 6.45) is 2.75. The molecular formula is C8H5F2N3OS. The average molecular weight is 229 g/mol. The molecule has 0 aliphatic carbocycles. The van der Waals surface area contributed by atoms with Crippen molar-refractivity contribution in [2.45, 2.75) is 10.2 Å². The smallest absolute Gasteiger partial charge is 0.262 e. The molecule has 0 bridgehead atoms. The second kappa shape index (κ2) is 3.85. The van der Waals surface area contributed by atoms with Gasteiger partial charge in [-0.05, 0) is 11.8 Å². The molecule has 4 nitrogen and oxygen atoms in total. The lowest BCUT2D eigenvalue weighted by atomic mass is 10.4. The normalized spacial score (nSPS) is 10.5. The molecule has 0 atom stereocenters. The molecule has 0 unspecified atom stereocenters. The van der Waals surface area contributed by atoms with Crippen molar-refractivity contribution in [2.24, 2.45) is 0 Å². The molecule has 0 amide bonds. The maximum absolute atomic E-state index is 13.2. The van der Waals surface area contributed by atoms with Crippen LogP contribution < -0.4 is 5.73 Å². The van der Waals surface area contributed by atoms with Crippen LogP contribution in [0.3, 0.4) is 0 Å². The zero-order valence-electron chi connectivity index (χ0n) is 7.28. The number of hydrogen-bond acceptors (Lipinski definition) is 5. The number of aromatic nitrogens is 2. The molecule has 2 rings (SSSR count). The fourth-order valence-corrected chi connectivity index (χ4v) is 1.56. The van der Waals surface area contributed by atoms with E-state index in [4.69, 9.17) is 10.2 Å². The third-order valence-corrected chi connectivity index (χ3v) is 2.37. The van der Waals surface area contributed by atoms with Crippen molar-refractivity contribution in [3.05, 3.63) is 30.2 Å².